The number of hydrogen-bond donors (Lipinski definition) is 1. The lowest BCUT2D eigenvalue weighted by atomic mass is 9.97. The van der Waals surface area contributed by atoms with E-state index in [1.54, 1.807) is 0 Å². The van der Waals surface area contributed by atoms with Crippen LogP contribution >= 0.6 is 0 Å². The lowest BCUT2D eigenvalue weighted by Crippen LogP contribution is -2.51. The average Bonchev–Trinajstić information content (AvgIpc) is 2.39. The molecule has 2 aliphatic heterocycles. The van der Waals surface area contributed by atoms with Crippen molar-refractivity contribution < 1.29 is 9.94 Å². The van der Waals surface area contributed by atoms with Gasteiger partial charge in [-0.3, -0.25) is 9.80 Å². The van der Waals surface area contributed by atoms with Gasteiger partial charge in [-0.25, -0.2) is 0 Å². The number of hydrogen-bond acceptors (Lipinski definition) is 5. The fourth-order valence-corrected chi connectivity index (χ4v) is 3.03. The SMILES string of the molecule is CC1CN(CC2CN(C(C)C)CCO2)CCC1=NO. The second-order valence-electron chi connectivity index (χ2n) is 6.08. The zero-order chi connectivity index (χ0) is 13.8. The van der Waals surface area contributed by atoms with E-state index in [4.69, 9.17) is 9.94 Å². The quantitative estimate of drug-likeness (QED) is 0.619. The Balaban J connectivity index is 1.81. The van der Waals surface area contributed by atoms with Gasteiger partial charge in [0.05, 0.1) is 18.4 Å². The molecule has 2 rings (SSSR count). The molecule has 0 aromatic heterocycles. The maximum Gasteiger partial charge on any atom is 0.0829 e. The van der Waals surface area contributed by atoms with Crippen molar-refractivity contribution in [1.82, 2.24) is 9.80 Å². The topological polar surface area (TPSA) is 48.3 Å². The maximum absolute atomic E-state index is 8.90. The number of nitrogens with zero attached hydrogens (tertiary/aromatic N) is 3. The lowest BCUT2D eigenvalue weighted by Gasteiger charge is -2.39. The van der Waals surface area contributed by atoms with Crippen molar-refractivity contribution in [2.45, 2.75) is 39.3 Å². The van der Waals surface area contributed by atoms with Crippen LogP contribution in [0.3, 0.4) is 0 Å². The Hall–Kier alpha value is -0.650. The molecule has 2 fully saturated rings. The minimum Gasteiger partial charge on any atom is -0.411 e. The van der Waals surface area contributed by atoms with Crippen molar-refractivity contribution >= 4 is 5.71 Å². The van der Waals surface area contributed by atoms with Gasteiger partial charge >= 0.3 is 0 Å². The van der Waals surface area contributed by atoms with Gasteiger partial charge in [0.25, 0.3) is 0 Å². The summed E-state index contributed by atoms with van der Waals surface area (Å²) in [6.45, 7) is 12.5. The predicted molar refractivity (Wildman–Crippen MR) is 75.9 cm³/mol. The molecule has 2 unspecified atom stereocenters. The van der Waals surface area contributed by atoms with Crippen molar-refractivity contribution in [1.29, 1.82) is 0 Å². The second kappa shape index (κ2) is 6.68. The summed E-state index contributed by atoms with van der Waals surface area (Å²) in [4.78, 5) is 4.93. The zero-order valence-corrected chi connectivity index (χ0v) is 12.4. The van der Waals surface area contributed by atoms with Gasteiger partial charge in [-0.1, -0.05) is 12.1 Å². The number of oxime groups is 1. The number of rotatable bonds is 3. The highest BCUT2D eigenvalue weighted by molar-refractivity contribution is 5.86. The van der Waals surface area contributed by atoms with Gasteiger partial charge in [-0.2, -0.15) is 0 Å². The first-order valence-electron chi connectivity index (χ1n) is 7.39. The van der Waals surface area contributed by atoms with Crippen LogP contribution in [0.15, 0.2) is 5.16 Å². The predicted octanol–water partition coefficient (Wildman–Crippen LogP) is 1.27. The molecule has 0 amide bonds. The minimum absolute atomic E-state index is 0.316. The molecule has 5 nitrogen and oxygen atoms in total. The molecule has 0 aromatic rings. The number of morpholine rings is 1. The van der Waals surface area contributed by atoms with E-state index < -0.39 is 0 Å². The van der Waals surface area contributed by atoms with Crippen LogP contribution in [0.2, 0.25) is 0 Å². The molecular weight excluding hydrogens is 242 g/mol. The van der Waals surface area contributed by atoms with Crippen molar-refractivity contribution in [3.05, 3.63) is 0 Å². The van der Waals surface area contributed by atoms with Crippen LogP contribution in [0.25, 0.3) is 0 Å². The first-order valence-corrected chi connectivity index (χ1v) is 7.39. The Kier molecular flexibility index (Phi) is 5.19. The highest BCUT2D eigenvalue weighted by Crippen LogP contribution is 2.16. The van der Waals surface area contributed by atoms with Gasteiger partial charge in [0.15, 0.2) is 0 Å². The highest BCUT2D eigenvalue weighted by atomic mass is 16.5. The summed E-state index contributed by atoms with van der Waals surface area (Å²) in [5.41, 5.74) is 0.935. The van der Waals surface area contributed by atoms with Gasteiger partial charge in [0.2, 0.25) is 0 Å². The molecule has 5 heteroatoms. The van der Waals surface area contributed by atoms with E-state index in [1.807, 2.05) is 0 Å². The van der Waals surface area contributed by atoms with Crippen LogP contribution in [0.5, 0.6) is 0 Å². The van der Waals surface area contributed by atoms with E-state index in [-0.39, 0.29) is 0 Å². The number of likely N-dealkylation sites (tertiary alicyclic amines) is 1. The summed E-state index contributed by atoms with van der Waals surface area (Å²) in [5, 5.41) is 12.3. The molecular formula is C14H27N3O2. The third kappa shape index (κ3) is 3.91. The fraction of sp³-hybridized carbons (Fsp3) is 0.929. The molecule has 0 bridgehead atoms. The zero-order valence-electron chi connectivity index (χ0n) is 12.4. The van der Waals surface area contributed by atoms with Gasteiger partial charge in [-0.15, -0.1) is 0 Å². The van der Waals surface area contributed by atoms with Crippen LogP contribution in [-0.2, 0) is 4.74 Å². The summed E-state index contributed by atoms with van der Waals surface area (Å²) in [6, 6.07) is 0.597. The molecule has 19 heavy (non-hydrogen) atoms. The van der Waals surface area contributed by atoms with Crippen molar-refractivity contribution in [2.75, 3.05) is 39.3 Å². The van der Waals surface area contributed by atoms with Gasteiger partial charge in [0, 0.05) is 51.1 Å². The van der Waals surface area contributed by atoms with E-state index in [1.165, 1.54) is 0 Å². The average molecular weight is 269 g/mol. The van der Waals surface area contributed by atoms with Crippen molar-refractivity contribution in [2.24, 2.45) is 11.1 Å². The van der Waals surface area contributed by atoms with Crippen LogP contribution in [0.1, 0.15) is 27.2 Å². The lowest BCUT2D eigenvalue weighted by molar-refractivity contribution is -0.0532. The summed E-state index contributed by atoms with van der Waals surface area (Å²) < 4.78 is 5.89. The van der Waals surface area contributed by atoms with Gasteiger partial charge in [0.1, 0.15) is 0 Å². The molecule has 110 valence electrons. The van der Waals surface area contributed by atoms with E-state index in [0.29, 0.717) is 18.1 Å². The van der Waals surface area contributed by atoms with E-state index in [0.717, 1.165) is 51.5 Å². The minimum atomic E-state index is 0.316. The molecule has 0 aliphatic carbocycles. The fourth-order valence-electron chi connectivity index (χ4n) is 3.03. The third-order valence-electron chi connectivity index (χ3n) is 4.28. The molecule has 2 aliphatic rings. The Morgan fingerprint density at radius 3 is 2.79 bits per heavy atom. The summed E-state index contributed by atoms with van der Waals surface area (Å²) in [5.74, 6) is 0.351. The smallest absolute Gasteiger partial charge is 0.0829 e. The second-order valence-corrected chi connectivity index (χ2v) is 6.08. The molecule has 0 spiro atoms. The number of ether oxygens (including phenoxy) is 1. The maximum atomic E-state index is 8.90. The molecule has 2 atom stereocenters. The first-order chi connectivity index (χ1) is 9.10. The summed E-state index contributed by atoms with van der Waals surface area (Å²) >= 11 is 0. The van der Waals surface area contributed by atoms with E-state index in [9.17, 15) is 0 Å². The molecule has 0 saturated carbocycles. The molecule has 0 aromatic carbocycles. The molecule has 2 saturated heterocycles. The molecule has 2 heterocycles. The monoisotopic (exact) mass is 269 g/mol. The van der Waals surface area contributed by atoms with Crippen LogP contribution in [0, 0.1) is 5.92 Å². The van der Waals surface area contributed by atoms with E-state index >= 15 is 0 Å². The van der Waals surface area contributed by atoms with Crippen LogP contribution in [0.4, 0.5) is 0 Å². The first kappa shape index (κ1) is 14.8. The largest absolute Gasteiger partial charge is 0.411 e. The van der Waals surface area contributed by atoms with Gasteiger partial charge < -0.3 is 9.94 Å². The molecule has 0 radical (unpaired) electrons. The summed E-state index contributed by atoms with van der Waals surface area (Å²) in [7, 11) is 0. The third-order valence-corrected chi connectivity index (χ3v) is 4.28. The Morgan fingerprint density at radius 2 is 2.16 bits per heavy atom. The normalized spacial score (nSPS) is 33.2. The van der Waals surface area contributed by atoms with Crippen molar-refractivity contribution in [3.8, 4) is 0 Å². The van der Waals surface area contributed by atoms with Crippen molar-refractivity contribution in [3.63, 3.8) is 0 Å². The Bertz CT molecular complexity index is 320. The van der Waals surface area contributed by atoms with Crippen LogP contribution < -0.4 is 0 Å². The number of piperidine rings is 1. The van der Waals surface area contributed by atoms with Crippen LogP contribution in [-0.4, -0.2) is 72.2 Å². The van der Waals surface area contributed by atoms with E-state index in [2.05, 4.69) is 35.7 Å². The summed E-state index contributed by atoms with van der Waals surface area (Å²) in [6.07, 6.45) is 1.19. The Labute approximate surface area is 116 Å². The standard InChI is InChI=1S/C14H27N3O2/c1-11(2)17-6-7-19-13(10-17)9-16-5-4-14(15-18)12(3)8-16/h11-13,18H,4-10H2,1-3H3. The van der Waals surface area contributed by atoms with Gasteiger partial charge in [-0.05, 0) is 13.8 Å². The Morgan fingerprint density at radius 1 is 1.37 bits per heavy atom. The highest BCUT2D eigenvalue weighted by Gasteiger charge is 2.28. The molecule has 1 N–H and O–H groups in total.